The summed E-state index contributed by atoms with van der Waals surface area (Å²) in [5, 5.41) is 18.1. The van der Waals surface area contributed by atoms with Gasteiger partial charge in [0.2, 0.25) is 0 Å². The lowest BCUT2D eigenvalue weighted by Crippen LogP contribution is -2.37. The van der Waals surface area contributed by atoms with Gasteiger partial charge in [0.25, 0.3) is 0 Å². The Morgan fingerprint density at radius 2 is 2.10 bits per heavy atom. The molecular formula is C14H25N3O2S. The molecule has 5 nitrogen and oxygen atoms in total. The molecule has 1 aromatic heterocycles. The van der Waals surface area contributed by atoms with Gasteiger partial charge in [-0.15, -0.1) is 11.3 Å². The van der Waals surface area contributed by atoms with Crippen molar-refractivity contribution < 1.29 is 9.90 Å². The van der Waals surface area contributed by atoms with Crippen LogP contribution in [0.1, 0.15) is 50.2 Å². The molecule has 0 fully saturated rings. The number of urea groups is 1. The minimum atomic E-state index is -0.334. The Kier molecular flexibility index (Phi) is 7.54. The molecule has 0 saturated heterocycles. The molecule has 1 aromatic rings. The fraction of sp³-hybridized carbons (Fsp3) is 0.714. The number of hydrogen-bond acceptors (Lipinski definition) is 4. The summed E-state index contributed by atoms with van der Waals surface area (Å²) in [7, 11) is 0. The quantitative estimate of drug-likeness (QED) is 0.689. The predicted molar refractivity (Wildman–Crippen MR) is 82.2 cm³/mol. The molecule has 1 atom stereocenters. The van der Waals surface area contributed by atoms with Crippen molar-refractivity contribution in [1.29, 1.82) is 0 Å². The van der Waals surface area contributed by atoms with Gasteiger partial charge >= 0.3 is 6.03 Å². The highest BCUT2D eigenvalue weighted by molar-refractivity contribution is 7.09. The van der Waals surface area contributed by atoms with Crippen molar-refractivity contribution in [2.45, 2.75) is 52.1 Å². The lowest BCUT2D eigenvalue weighted by atomic mass is 10.2. The molecule has 3 N–H and O–H groups in total. The smallest absolute Gasteiger partial charge is 0.314 e. The third-order valence-electron chi connectivity index (χ3n) is 2.96. The van der Waals surface area contributed by atoms with Crippen molar-refractivity contribution in [1.82, 2.24) is 15.6 Å². The van der Waals surface area contributed by atoms with E-state index >= 15 is 0 Å². The molecule has 1 rings (SSSR count). The summed E-state index contributed by atoms with van der Waals surface area (Å²) >= 11 is 1.67. The SMILES string of the molecule is CCC(O)CCNC(=O)NCCc1csc(C(C)C)n1. The van der Waals surface area contributed by atoms with Gasteiger partial charge in [0, 0.05) is 30.8 Å². The van der Waals surface area contributed by atoms with Crippen LogP contribution in [0.25, 0.3) is 0 Å². The van der Waals surface area contributed by atoms with Crippen molar-refractivity contribution in [3.05, 3.63) is 16.1 Å². The number of thiazole rings is 1. The fourth-order valence-corrected chi connectivity index (χ4v) is 2.50. The van der Waals surface area contributed by atoms with E-state index in [9.17, 15) is 9.90 Å². The average Bonchev–Trinajstić information content (AvgIpc) is 2.87. The van der Waals surface area contributed by atoms with E-state index in [2.05, 4.69) is 29.5 Å². The van der Waals surface area contributed by atoms with E-state index in [1.54, 1.807) is 11.3 Å². The zero-order valence-electron chi connectivity index (χ0n) is 12.5. The molecule has 0 aliphatic carbocycles. The Morgan fingerprint density at radius 3 is 2.70 bits per heavy atom. The van der Waals surface area contributed by atoms with E-state index in [0.717, 1.165) is 17.1 Å². The van der Waals surface area contributed by atoms with Gasteiger partial charge in [0.05, 0.1) is 16.8 Å². The normalized spacial score (nSPS) is 12.4. The number of carbonyl (C=O) groups is 1. The zero-order valence-corrected chi connectivity index (χ0v) is 13.3. The Bertz CT molecular complexity index is 407. The molecule has 2 amide bonds. The Labute approximate surface area is 124 Å². The van der Waals surface area contributed by atoms with Gasteiger partial charge in [0.1, 0.15) is 0 Å². The molecule has 0 aliphatic heterocycles. The fourth-order valence-electron chi connectivity index (χ4n) is 1.63. The van der Waals surface area contributed by atoms with E-state index in [-0.39, 0.29) is 12.1 Å². The summed E-state index contributed by atoms with van der Waals surface area (Å²) in [6, 6.07) is -0.187. The topological polar surface area (TPSA) is 74.2 Å². The number of aliphatic hydroxyl groups excluding tert-OH is 1. The third kappa shape index (κ3) is 6.34. The highest BCUT2D eigenvalue weighted by atomic mass is 32.1. The van der Waals surface area contributed by atoms with Gasteiger partial charge in [0.15, 0.2) is 0 Å². The van der Waals surface area contributed by atoms with Crippen LogP contribution in [0.15, 0.2) is 5.38 Å². The number of aromatic nitrogens is 1. The Hall–Kier alpha value is -1.14. The van der Waals surface area contributed by atoms with E-state index in [1.807, 2.05) is 12.3 Å². The second-order valence-electron chi connectivity index (χ2n) is 5.12. The van der Waals surface area contributed by atoms with Crippen LogP contribution in [0.4, 0.5) is 4.79 Å². The van der Waals surface area contributed by atoms with Crippen LogP contribution in [0.5, 0.6) is 0 Å². The summed E-state index contributed by atoms with van der Waals surface area (Å²) in [5.74, 6) is 0.454. The minimum Gasteiger partial charge on any atom is -0.393 e. The van der Waals surface area contributed by atoms with Crippen LogP contribution in [0.3, 0.4) is 0 Å². The van der Waals surface area contributed by atoms with Crippen LogP contribution < -0.4 is 10.6 Å². The summed E-state index contributed by atoms with van der Waals surface area (Å²) in [6.07, 6.45) is 1.72. The second kappa shape index (κ2) is 8.92. The highest BCUT2D eigenvalue weighted by Crippen LogP contribution is 2.19. The molecule has 0 aliphatic rings. The van der Waals surface area contributed by atoms with Crippen molar-refractivity contribution in [3.63, 3.8) is 0 Å². The monoisotopic (exact) mass is 299 g/mol. The minimum absolute atomic E-state index is 0.187. The molecule has 6 heteroatoms. The maximum Gasteiger partial charge on any atom is 0.314 e. The van der Waals surface area contributed by atoms with Crippen LogP contribution in [0, 0.1) is 0 Å². The molecule has 20 heavy (non-hydrogen) atoms. The summed E-state index contributed by atoms with van der Waals surface area (Å²) in [5.41, 5.74) is 1.03. The van der Waals surface area contributed by atoms with Crippen LogP contribution >= 0.6 is 11.3 Å². The average molecular weight is 299 g/mol. The van der Waals surface area contributed by atoms with E-state index in [1.165, 1.54) is 0 Å². The summed E-state index contributed by atoms with van der Waals surface area (Å²) in [6.45, 7) is 7.24. The standard InChI is InChI=1S/C14H25N3O2S/c1-4-12(18)6-8-16-14(19)15-7-5-11-9-20-13(17-11)10(2)3/h9-10,12,18H,4-8H2,1-3H3,(H2,15,16,19). The maximum atomic E-state index is 11.5. The number of nitrogens with one attached hydrogen (secondary N) is 2. The lowest BCUT2D eigenvalue weighted by Gasteiger charge is -2.09. The maximum absolute atomic E-state index is 11.5. The zero-order chi connectivity index (χ0) is 15.0. The third-order valence-corrected chi connectivity index (χ3v) is 4.16. The lowest BCUT2D eigenvalue weighted by molar-refractivity contribution is 0.160. The number of nitrogens with zero attached hydrogens (tertiary/aromatic N) is 1. The first-order chi connectivity index (χ1) is 9.52. The van der Waals surface area contributed by atoms with Gasteiger partial charge in [-0.3, -0.25) is 0 Å². The first-order valence-electron chi connectivity index (χ1n) is 7.17. The Morgan fingerprint density at radius 1 is 1.40 bits per heavy atom. The summed E-state index contributed by atoms with van der Waals surface area (Å²) in [4.78, 5) is 16.0. The number of amides is 2. The van der Waals surface area contributed by atoms with Gasteiger partial charge in [-0.1, -0.05) is 20.8 Å². The van der Waals surface area contributed by atoms with Crippen molar-refractivity contribution in [3.8, 4) is 0 Å². The first kappa shape index (κ1) is 16.9. The molecule has 114 valence electrons. The van der Waals surface area contributed by atoms with Gasteiger partial charge in [-0.25, -0.2) is 9.78 Å². The van der Waals surface area contributed by atoms with Crippen molar-refractivity contribution in [2.24, 2.45) is 0 Å². The van der Waals surface area contributed by atoms with Crippen LogP contribution in [-0.2, 0) is 6.42 Å². The molecule has 0 radical (unpaired) electrons. The van der Waals surface area contributed by atoms with Gasteiger partial charge < -0.3 is 15.7 Å². The largest absolute Gasteiger partial charge is 0.393 e. The van der Waals surface area contributed by atoms with Crippen molar-refractivity contribution in [2.75, 3.05) is 13.1 Å². The predicted octanol–water partition coefficient (Wildman–Crippen LogP) is 2.27. The van der Waals surface area contributed by atoms with E-state index in [4.69, 9.17) is 0 Å². The van der Waals surface area contributed by atoms with Gasteiger partial charge in [-0.2, -0.15) is 0 Å². The highest BCUT2D eigenvalue weighted by Gasteiger charge is 2.06. The number of carbonyl (C=O) groups excluding carboxylic acids is 1. The molecular weight excluding hydrogens is 274 g/mol. The number of aliphatic hydroxyl groups is 1. The number of rotatable bonds is 8. The Balaban J connectivity index is 2.15. The molecule has 1 heterocycles. The number of hydrogen-bond donors (Lipinski definition) is 3. The first-order valence-corrected chi connectivity index (χ1v) is 8.05. The molecule has 1 unspecified atom stereocenters. The molecule has 0 spiro atoms. The van der Waals surface area contributed by atoms with Crippen LogP contribution in [0.2, 0.25) is 0 Å². The molecule has 0 bridgehead atoms. The van der Waals surface area contributed by atoms with E-state index in [0.29, 0.717) is 31.8 Å². The van der Waals surface area contributed by atoms with E-state index < -0.39 is 0 Å². The molecule has 0 saturated carbocycles. The van der Waals surface area contributed by atoms with Crippen LogP contribution in [-0.4, -0.2) is 35.3 Å². The van der Waals surface area contributed by atoms with Gasteiger partial charge in [-0.05, 0) is 12.8 Å². The summed E-state index contributed by atoms with van der Waals surface area (Å²) < 4.78 is 0. The second-order valence-corrected chi connectivity index (χ2v) is 6.00. The van der Waals surface area contributed by atoms with Crippen molar-refractivity contribution >= 4 is 17.4 Å². The molecule has 0 aromatic carbocycles.